The van der Waals surface area contributed by atoms with Crippen molar-refractivity contribution in [1.82, 2.24) is 9.97 Å². The smallest absolute Gasteiger partial charge is 0.337 e. The molecule has 1 aromatic heterocycles. The number of aromatic nitrogens is 2. The van der Waals surface area contributed by atoms with E-state index in [0.717, 1.165) is 32.3 Å². The number of esters is 1. The van der Waals surface area contributed by atoms with Gasteiger partial charge < -0.3 is 4.74 Å². The zero-order valence-corrected chi connectivity index (χ0v) is 14.4. The summed E-state index contributed by atoms with van der Waals surface area (Å²) in [6.45, 7) is 3.92. The van der Waals surface area contributed by atoms with Crippen molar-refractivity contribution >= 4 is 33.7 Å². The van der Waals surface area contributed by atoms with Gasteiger partial charge in [0.15, 0.2) is 5.16 Å². The second-order valence-electron chi connectivity index (χ2n) is 4.52. The van der Waals surface area contributed by atoms with Crippen LogP contribution < -0.4 is 0 Å². The third-order valence-corrected chi connectivity index (χ3v) is 4.43. The maximum atomic E-state index is 11.5. The Hall–Kier alpha value is -1.40. The molecule has 0 radical (unpaired) electrons. The molecule has 1 aromatic carbocycles. The number of hydrogen-bond acceptors (Lipinski definition) is 5. The molecule has 0 fully saturated rings. The highest BCUT2D eigenvalue weighted by molar-refractivity contribution is 9.10. The van der Waals surface area contributed by atoms with Crippen LogP contribution >= 0.6 is 27.7 Å². The number of nitrogens with zero attached hydrogens (tertiary/aromatic N) is 2. The number of methoxy groups -OCH3 is 1. The van der Waals surface area contributed by atoms with Crippen molar-refractivity contribution in [3.63, 3.8) is 0 Å². The number of ether oxygens (including phenoxy) is 1. The number of carbonyl (C=O) groups excluding carboxylic acids is 1. The van der Waals surface area contributed by atoms with E-state index in [1.54, 1.807) is 23.9 Å². The van der Waals surface area contributed by atoms with E-state index in [-0.39, 0.29) is 5.97 Å². The Balaban J connectivity index is 2.11. The van der Waals surface area contributed by atoms with Crippen molar-refractivity contribution in [2.24, 2.45) is 0 Å². The number of thioether (sulfide) groups is 1. The van der Waals surface area contributed by atoms with Crippen LogP contribution in [-0.2, 0) is 10.5 Å². The molecule has 0 N–H and O–H groups in total. The monoisotopic (exact) mass is 366 g/mol. The molecule has 1 heterocycles. The largest absolute Gasteiger partial charge is 0.465 e. The van der Waals surface area contributed by atoms with Crippen LogP contribution in [-0.4, -0.2) is 23.0 Å². The van der Waals surface area contributed by atoms with Crippen LogP contribution in [0.5, 0.6) is 0 Å². The second-order valence-corrected chi connectivity index (χ2v) is 6.32. The quantitative estimate of drug-likeness (QED) is 0.466. The van der Waals surface area contributed by atoms with Gasteiger partial charge in [0.25, 0.3) is 0 Å². The average molecular weight is 367 g/mol. The Kier molecular flexibility index (Phi) is 5.36. The first kappa shape index (κ1) is 16.0. The fourth-order valence-electron chi connectivity index (χ4n) is 1.81. The van der Waals surface area contributed by atoms with E-state index >= 15 is 0 Å². The van der Waals surface area contributed by atoms with Gasteiger partial charge >= 0.3 is 5.97 Å². The highest BCUT2D eigenvalue weighted by Gasteiger charge is 2.09. The molecule has 6 heteroatoms. The van der Waals surface area contributed by atoms with Crippen LogP contribution in [0.15, 0.2) is 33.9 Å². The molecule has 110 valence electrons. The van der Waals surface area contributed by atoms with E-state index < -0.39 is 0 Å². The Morgan fingerprint density at radius 3 is 2.48 bits per heavy atom. The first-order valence-electron chi connectivity index (χ1n) is 6.31. The summed E-state index contributed by atoms with van der Waals surface area (Å²) in [6.07, 6.45) is 0. The number of aryl methyl sites for hydroxylation is 2. The molecule has 2 aromatic rings. The molecule has 0 atom stereocenters. The van der Waals surface area contributed by atoms with Crippen LogP contribution in [0.4, 0.5) is 0 Å². The first-order chi connectivity index (χ1) is 9.99. The molecule has 0 amide bonds. The molecule has 21 heavy (non-hydrogen) atoms. The van der Waals surface area contributed by atoms with Crippen molar-refractivity contribution in [2.75, 3.05) is 7.11 Å². The van der Waals surface area contributed by atoms with Crippen molar-refractivity contribution in [1.29, 1.82) is 0 Å². The van der Waals surface area contributed by atoms with Crippen LogP contribution in [0, 0.1) is 13.8 Å². The van der Waals surface area contributed by atoms with Crippen LogP contribution in [0.25, 0.3) is 0 Å². The van der Waals surface area contributed by atoms with Crippen LogP contribution in [0.3, 0.4) is 0 Å². The minimum Gasteiger partial charge on any atom is -0.465 e. The first-order valence-corrected chi connectivity index (χ1v) is 8.09. The highest BCUT2D eigenvalue weighted by atomic mass is 79.9. The van der Waals surface area contributed by atoms with Gasteiger partial charge in [-0.05, 0) is 37.6 Å². The molecule has 4 nitrogen and oxygen atoms in total. The molecule has 0 saturated carbocycles. The Morgan fingerprint density at radius 2 is 1.90 bits per heavy atom. The van der Waals surface area contributed by atoms with Gasteiger partial charge in [-0.3, -0.25) is 0 Å². The van der Waals surface area contributed by atoms with E-state index in [1.807, 2.05) is 26.0 Å². The molecule has 0 aliphatic carbocycles. The molecule has 0 spiro atoms. The van der Waals surface area contributed by atoms with Gasteiger partial charge in [0, 0.05) is 21.6 Å². The van der Waals surface area contributed by atoms with Crippen molar-refractivity contribution in [3.8, 4) is 0 Å². The van der Waals surface area contributed by atoms with Gasteiger partial charge in [-0.25, -0.2) is 14.8 Å². The van der Waals surface area contributed by atoms with E-state index in [0.29, 0.717) is 5.56 Å². The predicted octanol–water partition coefficient (Wildman–Crippen LogP) is 3.93. The zero-order chi connectivity index (χ0) is 15.4. The van der Waals surface area contributed by atoms with E-state index in [2.05, 4.69) is 25.9 Å². The highest BCUT2D eigenvalue weighted by Crippen LogP contribution is 2.26. The standard InChI is InChI=1S/C15H15BrN2O2S/c1-9-6-10(2)18-15(17-9)21-8-12-5-4-11(7-13(12)16)14(19)20-3/h4-7H,8H2,1-3H3. The molecule has 0 aliphatic heterocycles. The summed E-state index contributed by atoms with van der Waals surface area (Å²) in [5, 5.41) is 0.761. The summed E-state index contributed by atoms with van der Waals surface area (Å²) in [4.78, 5) is 20.3. The van der Waals surface area contributed by atoms with Gasteiger partial charge in [-0.1, -0.05) is 33.8 Å². The minimum atomic E-state index is -0.340. The summed E-state index contributed by atoms with van der Waals surface area (Å²) in [7, 11) is 1.37. The fourth-order valence-corrected chi connectivity index (χ4v) is 3.47. The SMILES string of the molecule is COC(=O)c1ccc(CSc2nc(C)cc(C)n2)c(Br)c1. The molecule has 0 aliphatic rings. The van der Waals surface area contributed by atoms with E-state index in [4.69, 9.17) is 4.74 Å². The molecular formula is C15H15BrN2O2S. The maximum absolute atomic E-state index is 11.5. The number of rotatable bonds is 4. The maximum Gasteiger partial charge on any atom is 0.337 e. The van der Waals surface area contributed by atoms with Gasteiger partial charge in [-0.15, -0.1) is 0 Å². The Bertz CT molecular complexity index is 656. The lowest BCUT2D eigenvalue weighted by Gasteiger charge is -2.07. The number of hydrogen-bond donors (Lipinski definition) is 0. The zero-order valence-electron chi connectivity index (χ0n) is 12.0. The van der Waals surface area contributed by atoms with E-state index in [9.17, 15) is 4.79 Å². The second kappa shape index (κ2) is 7.04. The third kappa shape index (κ3) is 4.28. The van der Waals surface area contributed by atoms with E-state index in [1.165, 1.54) is 7.11 Å². The van der Waals surface area contributed by atoms with Crippen molar-refractivity contribution < 1.29 is 9.53 Å². The summed E-state index contributed by atoms with van der Waals surface area (Å²) in [5.74, 6) is 0.387. The summed E-state index contributed by atoms with van der Waals surface area (Å²) in [6, 6.07) is 7.38. The third-order valence-electron chi connectivity index (χ3n) is 2.79. The lowest BCUT2D eigenvalue weighted by Crippen LogP contribution is -2.01. The lowest BCUT2D eigenvalue weighted by molar-refractivity contribution is 0.0600. The average Bonchev–Trinajstić information content (AvgIpc) is 2.44. The Morgan fingerprint density at radius 1 is 1.24 bits per heavy atom. The van der Waals surface area contributed by atoms with Crippen molar-refractivity contribution in [3.05, 3.63) is 51.3 Å². The molecular weight excluding hydrogens is 352 g/mol. The predicted molar refractivity (Wildman–Crippen MR) is 86.5 cm³/mol. The number of benzene rings is 1. The summed E-state index contributed by atoms with van der Waals surface area (Å²) >= 11 is 5.05. The van der Waals surface area contributed by atoms with Gasteiger partial charge in [-0.2, -0.15) is 0 Å². The Labute approximate surface area is 136 Å². The summed E-state index contributed by atoms with van der Waals surface area (Å²) in [5.41, 5.74) is 3.53. The molecule has 2 rings (SSSR count). The minimum absolute atomic E-state index is 0.340. The molecule has 0 unspecified atom stereocenters. The lowest BCUT2D eigenvalue weighted by atomic mass is 10.1. The normalized spacial score (nSPS) is 10.5. The van der Waals surface area contributed by atoms with Crippen molar-refractivity contribution in [2.45, 2.75) is 24.8 Å². The number of carbonyl (C=O) groups is 1. The van der Waals surface area contributed by atoms with Crippen LogP contribution in [0.2, 0.25) is 0 Å². The van der Waals surface area contributed by atoms with Gasteiger partial charge in [0.2, 0.25) is 0 Å². The molecule has 0 bridgehead atoms. The van der Waals surface area contributed by atoms with Gasteiger partial charge in [0.05, 0.1) is 12.7 Å². The topological polar surface area (TPSA) is 52.1 Å². The number of halogens is 1. The van der Waals surface area contributed by atoms with Gasteiger partial charge in [0.1, 0.15) is 0 Å². The summed E-state index contributed by atoms with van der Waals surface area (Å²) < 4.78 is 5.58. The fraction of sp³-hybridized carbons (Fsp3) is 0.267. The van der Waals surface area contributed by atoms with Crippen LogP contribution in [0.1, 0.15) is 27.3 Å². The molecule has 0 saturated heterocycles.